The van der Waals surface area contributed by atoms with E-state index in [9.17, 15) is 14.4 Å². The number of hydrogen-bond donors (Lipinski definition) is 1. The third kappa shape index (κ3) is 5.38. The van der Waals surface area contributed by atoms with Crippen molar-refractivity contribution in [3.8, 4) is 11.5 Å². The molecule has 0 atom stereocenters. The monoisotopic (exact) mass is 411 g/mol. The van der Waals surface area contributed by atoms with Crippen LogP contribution in [0.1, 0.15) is 12.5 Å². The second-order valence-electron chi connectivity index (χ2n) is 6.33. The molecule has 0 aliphatic rings. The summed E-state index contributed by atoms with van der Waals surface area (Å²) in [5.74, 6) is -0.350. The van der Waals surface area contributed by atoms with Crippen molar-refractivity contribution < 1.29 is 28.2 Å². The second-order valence-corrected chi connectivity index (χ2v) is 6.33. The zero-order valence-corrected chi connectivity index (χ0v) is 16.6. The molecule has 1 N–H and O–H groups in total. The van der Waals surface area contributed by atoms with E-state index in [1.807, 2.05) is 6.92 Å². The van der Waals surface area contributed by atoms with E-state index in [4.69, 9.17) is 18.6 Å². The number of aryl methyl sites for hydroxylation is 1. The Morgan fingerprint density at radius 1 is 1.03 bits per heavy atom. The van der Waals surface area contributed by atoms with Crippen molar-refractivity contribution in [3.63, 3.8) is 0 Å². The van der Waals surface area contributed by atoms with E-state index in [1.54, 1.807) is 43.3 Å². The Kier molecular flexibility index (Phi) is 6.69. The van der Waals surface area contributed by atoms with Gasteiger partial charge in [-0.1, -0.05) is 12.1 Å². The summed E-state index contributed by atoms with van der Waals surface area (Å²) in [7, 11) is 0. The summed E-state index contributed by atoms with van der Waals surface area (Å²) in [4.78, 5) is 35.4. The molecular weight excluding hydrogens is 390 g/mol. The smallest absolute Gasteiger partial charge is 0.344 e. The summed E-state index contributed by atoms with van der Waals surface area (Å²) in [5.41, 5.74) is 1.17. The van der Waals surface area contributed by atoms with Gasteiger partial charge in [0.2, 0.25) is 0 Å². The van der Waals surface area contributed by atoms with Gasteiger partial charge in [0.1, 0.15) is 17.1 Å². The lowest BCUT2D eigenvalue weighted by atomic mass is 10.1. The highest BCUT2D eigenvalue weighted by molar-refractivity contribution is 5.94. The van der Waals surface area contributed by atoms with Crippen molar-refractivity contribution in [2.45, 2.75) is 13.8 Å². The number of anilines is 1. The fourth-order valence-corrected chi connectivity index (χ4v) is 2.76. The first-order chi connectivity index (χ1) is 14.5. The number of nitrogens with one attached hydrogen (secondary N) is 1. The van der Waals surface area contributed by atoms with Gasteiger partial charge in [0.15, 0.2) is 13.2 Å². The molecule has 1 amide bonds. The molecule has 3 aromatic rings. The minimum Gasteiger partial charge on any atom is -0.492 e. The Hall–Kier alpha value is -3.81. The molecule has 8 heteroatoms. The molecule has 3 rings (SSSR count). The van der Waals surface area contributed by atoms with Gasteiger partial charge in [-0.3, -0.25) is 4.79 Å². The second kappa shape index (κ2) is 9.60. The van der Waals surface area contributed by atoms with Crippen LogP contribution >= 0.6 is 0 Å². The summed E-state index contributed by atoms with van der Waals surface area (Å²) in [5, 5.41) is 3.40. The molecular formula is C22H21NO7. The molecule has 0 fully saturated rings. The highest BCUT2D eigenvalue weighted by Crippen LogP contribution is 2.24. The molecule has 0 aliphatic carbocycles. The molecule has 0 bridgehead atoms. The number of hydrogen-bond acceptors (Lipinski definition) is 7. The van der Waals surface area contributed by atoms with Crippen LogP contribution in [0.4, 0.5) is 5.69 Å². The van der Waals surface area contributed by atoms with E-state index in [1.165, 1.54) is 12.1 Å². The Morgan fingerprint density at radius 2 is 1.83 bits per heavy atom. The molecule has 0 saturated heterocycles. The fourth-order valence-electron chi connectivity index (χ4n) is 2.76. The van der Waals surface area contributed by atoms with Crippen LogP contribution in [0, 0.1) is 6.92 Å². The summed E-state index contributed by atoms with van der Waals surface area (Å²) in [6.07, 6.45) is 0. The maximum atomic E-state index is 12.0. The van der Waals surface area contributed by atoms with Crippen LogP contribution in [0.25, 0.3) is 11.0 Å². The number of esters is 1. The topological polar surface area (TPSA) is 104 Å². The molecule has 0 unspecified atom stereocenters. The number of carbonyl (C=O) groups excluding carboxylic acids is 2. The van der Waals surface area contributed by atoms with E-state index >= 15 is 0 Å². The molecule has 1 aromatic heterocycles. The van der Waals surface area contributed by atoms with Crippen molar-refractivity contribution >= 4 is 28.5 Å². The van der Waals surface area contributed by atoms with Crippen molar-refractivity contribution in [3.05, 3.63) is 64.5 Å². The highest BCUT2D eigenvalue weighted by atomic mass is 16.6. The van der Waals surface area contributed by atoms with Crippen LogP contribution in [-0.4, -0.2) is 31.7 Å². The zero-order valence-electron chi connectivity index (χ0n) is 16.6. The van der Waals surface area contributed by atoms with Crippen molar-refractivity contribution in [1.29, 1.82) is 0 Å². The lowest BCUT2D eigenvalue weighted by molar-refractivity contribution is -0.149. The molecule has 156 valence electrons. The van der Waals surface area contributed by atoms with E-state index in [2.05, 4.69) is 5.32 Å². The lowest BCUT2D eigenvalue weighted by Crippen LogP contribution is -2.23. The van der Waals surface area contributed by atoms with Gasteiger partial charge in [-0.15, -0.1) is 0 Å². The predicted molar refractivity (Wildman–Crippen MR) is 110 cm³/mol. The number of carbonyl (C=O) groups is 2. The standard InChI is InChI=1S/C22H21NO7/c1-3-27-18-7-5-4-6-17(18)23-20(24)12-29-22(26)13-28-15-8-9-16-14(2)10-21(25)30-19(16)11-15/h4-11H,3,12-13H2,1-2H3,(H,23,24). The molecule has 2 aromatic carbocycles. The van der Waals surface area contributed by atoms with Crippen molar-refractivity contribution in [2.75, 3.05) is 25.1 Å². The molecule has 30 heavy (non-hydrogen) atoms. The molecule has 1 heterocycles. The summed E-state index contributed by atoms with van der Waals surface area (Å²) in [6.45, 7) is 3.23. The van der Waals surface area contributed by atoms with E-state index < -0.39 is 30.7 Å². The van der Waals surface area contributed by atoms with Gasteiger partial charge in [0.05, 0.1) is 12.3 Å². The average molecular weight is 411 g/mol. The maximum absolute atomic E-state index is 12.0. The van der Waals surface area contributed by atoms with Gasteiger partial charge in [-0.2, -0.15) is 0 Å². The van der Waals surface area contributed by atoms with Gasteiger partial charge in [-0.25, -0.2) is 9.59 Å². The number of benzene rings is 2. The van der Waals surface area contributed by atoms with Crippen molar-refractivity contribution in [1.82, 2.24) is 0 Å². The minimum absolute atomic E-state index is 0.336. The Balaban J connectivity index is 1.51. The Bertz CT molecular complexity index is 1120. The first kappa shape index (κ1) is 20.9. The number of fused-ring (bicyclic) bond motifs is 1. The van der Waals surface area contributed by atoms with Gasteiger partial charge in [-0.05, 0) is 43.7 Å². The molecule has 0 spiro atoms. The fraction of sp³-hybridized carbons (Fsp3) is 0.227. The third-order valence-corrected chi connectivity index (χ3v) is 4.10. The first-order valence-corrected chi connectivity index (χ1v) is 9.31. The quantitative estimate of drug-likeness (QED) is 0.449. The van der Waals surface area contributed by atoms with Crippen LogP contribution in [0.5, 0.6) is 11.5 Å². The average Bonchev–Trinajstić information content (AvgIpc) is 2.72. The van der Waals surface area contributed by atoms with Crippen LogP contribution in [-0.2, 0) is 14.3 Å². The number of para-hydroxylation sites is 2. The van der Waals surface area contributed by atoms with Crippen LogP contribution < -0.4 is 20.4 Å². The van der Waals surface area contributed by atoms with Crippen LogP contribution in [0.15, 0.2) is 57.7 Å². The first-order valence-electron chi connectivity index (χ1n) is 9.31. The van der Waals surface area contributed by atoms with Gasteiger partial charge < -0.3 is 23.9 Å². The predicted octanol–water partition coefficient (Wildman–Crippen LogP) is 3.06. The SMILES string of the molecule is CCOc1ccccc1NC(=O)COC(=O)COc1ccc2c(C)cc(=O)oc2c1. The largest absolute Gasteiger partial charge is 0.492 e. The Labute approximate surface area is 172 Å². The third-order valence-electron chi connectivity index (χ3n) is 4.10. The normalized spacial score (nSPS) is 10.5. The number of amides is 1. The van der Waals surface area contributed by atoms with Gasteiger partial charge in [0, 0.05) is 17.5 Å². The van der Waals surface area contributed by atoms with Crippen molar-refractivity contribution in [2.24, 2.45) is 0 Å². The number of ether oxygens (including phenoxy) is 3. The van der Waals surface area contributed by atoms with Crippen LogP contribution in [0.2, 0.25) is 0 Å². The van der Waals surface area contributed by atoms with E-state index in [0.29, 0.717) is 29.4 Å². The Morgan fingerprint density at radius 3 is 2.63 bits per heavy atom. The lowest BCUT2D eigenvalue weighted by Gasteiger charge is -2.11. The van der Waals surface area contributed by atoms with Gasteiger partial charge >= 0.3 is 11.6 Å². The summed E-state index contributed by atoms with van der Waals surface area (Å²) < 4.78 is 20.9. The summed E-state index contributed by atoms with van der Waals surface area (Å²) in [6, 6.07) is 13.3. The highest BCUT2D eigenvalue weighted by Gasteiger charge is 2.12. The minimum atomic E-state index is -0.714. The molecule has 0 aliphatic heterocycles. The zero-order chi connectivity index (χ0) is 21.5. The molecule has 0 saturated carbocycles. The summed E-state index contributed by atoms with van der Waals surface area (Å²) >= 11 is 0. The molecule has 0 radical (unpaired) electrons. The van der Waals surface area contributed by atoms with E-state index in [0.717, 1.165) is 10.9 Å². The molecule has 8 nitrogen and oxygen atoms in total. The van der Waals surface area contributed by atoms with E-state index in [-0.39, 0.29) is 0 Å². The van der Waals surface area contributed by atoms with Crippen LogP contribution in [0.3, 0.4) is 0 Å². The maximum Gasteiger partial charge on any atom is 0.344 e. The number of rotatable bonds is 8. The van der Waals surface area contributed by atoms with Gasteiger partial charge in [0.25, 0.3) is 5.91 Å².